The van der Waals surface area contributed by atoms with E-state index in [-0.39, 0.29) is 22.9 Å². The number of hydrogen-bond acceptors (Lipinski definition) is 4. The number of anilines is 1. The van der Waals surface area contributed by atoms with E-state index >= 15 is 0 Å². The third-order valence-corrected chi connectivity index (χ3v) is 4.71. The Bertz CT molecular complexity index is 1140. The van der Waals surface area contributed by atoms with E-state index in [1.807, 2.05) is 30.3 Å². The number of esters is 1. The number of nitrogens with one attached hydrogen (secondary N) is 2. The van der Waals surface area contributed by atoms with E-state index in [0.29, 0.717) is 11.3 Å². The van der Waals surface area contributed by atoms with Crippen molar-refractivity contribution in [2.24, 2.45) is 0 Å². The minimum absolute atomic E-state index is 0.0376. The van der Waals surface area contributed by atoms with Gasteiger partial charge in [0.15, 0.2) is 0 Å². The van der Waals surface area contributed by atoms with E-state index in [9.17, 15) is 14.4 Å². The molecule has 32 heavy (non-hydrogen) atoms. The van der Waals surface area contributed by atoms with Gasteiger partial charge in [-0.3, -0.25) is 9.59 Å². The second-order valence-electron chi connectivity index (χ2n) is 6.65. The topological polar surface area (TPSA) is 84.5 Å². The van der Waals surface area contributed by atoms with Crippen LogP contribution in [0.4, 0.5) is 5.69 Å². The van der Waals surface area contributed by atoms with Crippen LogP contribution in [0.15, 0.2) is 84.6 Å². The Morgan fingerprint density at radius 3 is 2.22 bits per heavy atom. The number of carbonyl (C=O) groups is 3. The summed E-state index contributed by atoms with van der Waals surface area (Å²) in [6.45, 7) is 2.00. The van der Waals surface area contributed by atoms with Gasteiger partial charge in [-0.25, -0.2) is 4.79 Å². The molecule has 0 saturated carbocycles. The summed E-state index contributed by atoms with van der Waals surface area (Å²) >= 11 is 6.12. The molecule has 7 heteroatoms. The standard InChI is InChI=1S/C25H21ClN2O4/c1-2-32-25(31)18-12-14-19(15-13-18)27-24(30)22(16-17-8-4-3-5-9-17)28-23(29)20-10-6-7-11-21(20)26/h3-16H,2H2,1H3,(H,27,30)(H,28,29). The fraction of sp³-hybridized carbons (Fsp3) is 0.0800. The van der Waals surface area contributed by atoms with Crippen molar-refractivity contribution >= 4 is 41.1 Å². The van der Waals surface area contributed by atoms with Crippen LogP contribution in [0.3, 0.4) is 0 Å². The monoisotopic (exact) mass is 448 g/mol. The number of rotatable bonds is 7. The largest absolute Gasteiger partial charge is 0.462 e. The van der Waals surface area contributed by atoms with Crippen molar-refractivity contribution < 1.29 is 19.1 Å². The van der Waals surface area contributed by atoms with E-state index in [0.717, 1.165) is 5.56 Å². The van der Waals surface area contributed by atoms with Crippen LogP contribution in [0, 0.1) is 0 Å². The lowest BCUT2D eigenvalue weighted by Gasteiger charge is -2.12. The van der Waals surface area contributed by atoms with Crippen molar-refractivity contribution in [2.45, 2.75) is 6.92 Å². The minimum atomic E-state index is -0.529. The van der Waals surface area contributed by atoms with Gasteiger partial charge in [-0.15, -0.1) is 0 Å². The van der Waals surface area contributed by atoms with Gasteiger partial charge in [0.2, 0.25) is 0 Å². The lowest BCUT2D eigenvalue weighted by atomic mass is 10.1. The molecule has 2 N–H and O–H groups in total. The summed E-state index contributed by atoms with van der Waals surface area (Å²) in [5.74, 6) is -1.48. The van der Waals surface area contributed by atoms with Gasteiger partial charge in [0.25, 0.3) is 11.8 Å². The number of hydrogen-bond donors (Lipinski definition) is 2. The molecule has 0 heterocycles. The van der Waals surface area contributed by atoms with E-state index < -0.39 is 17.8 Å². The maximum atomic E-state index is 13.0. The molecule has 0 aliphatic heterocycles. The van der Waals surface area contributed by atoms with E-state index in [1.165, 1.54) is 0 Å². The highest BCUT2D eigenvalue weighted by Crippen LogP contribution is 2.17. The third kappa shape index (κ3) is 6.06. The molecule has 0 unspecified atom stereocenters. The number of ether oxygens (including phenoxy) is 1. The molecule has 3 rings (SSSR count). The van der Waals surface area contributed by atoms with Crippen LogP contribution in [0.25, 0.3) is 6.08 Å². The summed E-state index contributed by atoms with van der Waals surface area (Å²) in [5, 5.41) is 5.64. The second-order valence-corrected chi connectivity index (χ2v) is 7.06. The summed E-state index contributed by atoms with van der Waals surface area (Å²) in [7, 11) is 0. The maximum absolute atomic E-state index is 13.0. The van der Waals surface area contributed by atoms with E-state index in [1.54, 1.807) is 61.5 Å². The normalized spacial score (nSPS) is 10.9. The van der Waals surface area contributed by atoms with E-state index in [2.05, 4.69) is 10.6 Å². The highest BCUT2D eigenvalue weighted by Gasteiger charge is 2.17. The number of benzene rings is 3. The van der Waals surface area contributed by atoms with Crippen LogP contribution in [0.2, 0.25) is 5.02 Å². The molecule has 2 amide bonds. The number of carbonyl (C=O) groups excluding carboxylic acids is 3. The van der Waals surface area contributed by atoms with Gasteiger partial charge in [0.1, 0.15) is 5.70 Å². The fourth-order valence-electron chi connectivity index (χ4n) is 2.81. The Morgan fingerprint density at radius 1 is 0.906 bits per heavy atom. The predicted molar refractivity (Wildman–Crippen MR) is 124 cm³/mol. The highest BCUT2D eigenvalue weighted by atomic mass is 35.5. The molecule has 0 aromatic heterocycles. The molecule has 0 aliphatic rings. The first kappa shape index (κ1) is 22.8. The van der Waals surface area contributed by atoms with Crippen LogP contribution < -0.4 is 10.6 Å². The second kappa shape index (κ2) is 10.9. The van der Waals surface area contributed by atoms with Crippen LogP contribution in [-0.4, -0.2) is 24.4 Å². The molecule has 6 nitrogen and oxygen atoms in total. The molecule has 0 radical (unpaired) electrons. The molecule has 0 fully saturated rings. The average Bonchev–Trinajstić information content (AvgIpc) is 2.80. The zero-order valence-electron chi connectivity index (χ0n) is 17.3. The molecular weight excluding hydrogens is 428 g/mol. The smallest absolute Gasteiger partial charge is 0.338 e. The summed E-state index contributed by atoms with van der Waals surface area (Å²) in [5.41, 5.74) is 1.84. The first-order valence-electron chi connectivity index (χ1n) is 9.89. The fourth-order valence-corrected chi connectivity index (χ4v) is 3.03. The Hall–Kier alpha value is -3.90. The summed E-state index contributed by atoms with van der Waals surface area (Å²) < 4.78 is 4.96. The van der Waals surface area contributed by atoms with Gasteiger partial charge in [-0.2, -0.15) is 0 Å². The Labute approximate surface area is 190 Å². The van der Waals surface area contributed by atoms with Crippen LogP contribution in [0.1, 0.15) is 33.2 Å². The molecule has 0 saturated heterocycles. The molecule has 162 valence electrons. The number of halogens is 1. The molecule has 0 atom stereocenters. The first-order valence-corrected chi connectivity index (χ1v) is 10.3. The summed E-state index contributed by atoms with van der Waals surface area (Å²) in [6.07, 6.45) is 1.57. The predicted octanol–water partition coefficient (Wildman–Crippen LogP) is 4.93. The van der Waals surface area contributed by atoms with Crippen LogP contribution in [-0.2, 0) is 9.53 Å². The Balaban J connectivity index is 1.82. The van der Waals surface area contributed by atoms with Gasteiger partial charge in [0.05, 0.1) is 22.8 Å². The van der Waals surface area contributed by atoms with Crippen molar-refractivity contribution in [3.63, 3.8) is 0 Å². The van der Waals surface area contributed by atoms with Gasteiger partial charge in [-0.05, 0) is 55.0 Å². The molecule has 0 aliphatic carbocycles. The minimum Gasteiger partial charge on any atom is -0.462 e. The van der Waals surface area contributed by atoms with Gasteiger partial charge >= 0.3 is 5.97 Å². The number of amides is 2. The van der Waals surface area contributed by atoms with Gasteiger partial charge in [0, 0.05) is 5.69 Å². The van der Waals surface area contributed by atoms with Crippen LogP contribution in [0.5, 0.6) is 0 Å². The van der Waals surface area contributed by atoms with Crippen molar-refractivity contribution in [1.82, 2.24) is 5.32 Å². The van der Waals surface area contributed by atoms with Crippen molar-refractivity contribution in [3.05, 3.63) is 106 Å². The Kier molecular flexibility index (Phi) is 7.78. The highest BCUT2D eigenvalue weighted by molar-refractivity contribution is 6.34. The molecule has 0 spiro atoms. The van der Waals surface area contributed by atoms with Gasteiger partial charge in [-0.1, -0.05) is 54.1 Å². The Morgan fingerprint density at radius 2 is 1.56 bits per heavy atom. The molecule has 0 bridgehead atoms. The lowest BCUT2D eigenvalue weighted by molar-refractivity contribution is -0.113. The molecule has 3 aromatic rings. The molecule has 3 aromatic carbocycles. The lowest BCUT2D eigenvalue weighted by Crippen LogP contribution is -2.31. The average molecular weight is 449 g/mol. The first-order chi connectivity index (χ1) is 15.5. The van der Waals surface area contributed by atoms with Crippen molar-refractivity contribution in [3.8, 4) is 0 Å². The quantitative estimate of drug-likeness (QED) is 0.396. The SMILES string of the molecule is CCOC(=O)c1ccc(NC(=O)C(=Cc2ccccc2)NC(=O)c2ccccc2Cl)cc1. The maximum Gasteiger partial charge on any atom is 0.338 e. The van der Waals surface area contributed by atoms with Crippen molar-refractivity contribution in [2.75, 3.05) is 11.9 Å². The third-order valence-electron chi connectivity index (χ3n) is 4.38. The zero-order chi connectivity index (χ0) is 22.9. The van der Waals surface area contributed by atoms with Gasteiger partial charge < -0.3 is 15.4 Å². The van der Waals surface area contributed by atoms with Crippen molar-refractivity contribution in [1.29, 1.82) is 0 Å². The van der Waals surface area contributed by atoms with Crippen LogP contribution >= 0.6 is 11.6 Å². The zero-order valence-corrected chi connectivity index (χ0v) is 18.1. The molecular formula is C25H21ClN2O4. The summed E-state index contributed by atoms with van der Waals surface area (Å²) in [4.78, 5) is 37.5. The summed E-state index contributed by atoms with van der Waals surface area (Å²) in [6, 6.07) is 22.0. The van der Waals surface area contributed by atoms with E-state index in [4.69, 9.17) is 16.3 Å².